The molecule has 11 heteroatoms. The van der Waals surface area contributed by atoms with Crippen LogP contribution in [0.25, 0.3) is 0 Å². The highest BCUT2D eigenvalue weighted by atomic mass is 31.2. The van der Waals surface area contributed by atoms with Gasteiger partial charge in [0.05, 0.1) is 0 Å². The van der Waals surface area contributed by atoms with Crippen molar-refractivity contribution < 1.29 is 48.8 Å². The van der Waals surface area contributed by atoms with Crippen molar-refractivity contribution in [2.45, 2.75) is 95.9 Å². The van der Waals surface area contributed by atoms with Crippen LogP contribution in [0.2, 0.25) is 0 Å². The van der Waals surface area contributed by atoms with E-state index in [0.717, 1.165) is 19.3 Å². The van der Waals surface area contributed by atoms with Crippen LogP contribution in [-0.4, -0.2) is 30.6 Å². The van der Waals surface area contributed by atoms with E-state index in [9.17, 15) is 35.2 Å². The maximum Gasteiger partial charge on any atom is 0.647 e. The largest absolute Gasteiger partial charge is 0.647 e. The first-order valence-electron chi connectivity index (χ1n) is 15.1. The molecule has 0 aliphatic rings. The summed E-state index contributed by atoms with van der Waals surface area (Å²) in [5.74, 6) is -5.93. The van der Waals surface area contributed by atoms with Crippen LogP contribution in [0.4, 0.5) is 0 Å². The van der Waals surface area contributed by atoms with Crippen molar-refractivity contribution in [2.75, 3.05) is 0 Å². The molecule has 0 atom stereocenters. The van der Waals surface area contributed by atoms with E-state index in [1.54, 1.807) is 0 Å². The number of aliphatic hydroxyl groups is 6. The lowest BCUT2D eigenvalue weighted by atomic mass is 10.0. The molecule has 0 aromatic heterocycles. The highest BCUT2D eigenvalue weighted by Gasteiger charge is 2.35. The molecule has 0 aliphatic carbocycles. The van der Waals surface area contributed by atoms with Crippen molar-refractivity contribution in [3.05, 3.63) is 89.5 Å². The predicted octanol–water partition coefficient (Wildman–Crippen LogP) is 6.31. The molecule has 0 saturated heterocycles. The van der Waals surface area contributed by atoms with Crippen molar-refractivity contribution in [3.8, 4) is 17.2 Å². The quantitative estimate of drug-likeness (QED) is 0.0691. The molecule has 242 valence electrons. The van der Waals surface area contributed by atoms with Crippen LogP contribution in [0.5, 0.6) is 17.2 Å². The molecule has 3 aromatic rings. The average Bonchev–Trinajstić information content (AvgIpc) is 2.98. The van der Waals surface area contributed by atoms with Gasteiger partial charge in [-0.25, -0.2) is 0 Å². The second-order valence-corrected chi connectivity index (χ2v) is 12.5. The minimum absolute atomic E-state index is 0.0604. The summed E-state index contributed by atoms with van der Waals surface area (Å²) in [6.45, 7) is 5.83. The molecule has 0 radical (unpaired) electrons. The van der Waals surface area contributed by atoms with Gasteiger partial charge in [0.2, 0.25) is 0 Å². The summed E-state index contributed by atoms with van der Waals surface area (Å²) >= 11 is 0. The molecule has 44 heavy (non-hydrogen) atoms. The topological polar surface area (TPSA) is 166 Å². The second-order valence-electron chi connectivity index (χ2n) is 11.1. The molecule has 0 saturated carbocycles. The molecule has 0 fully saturated rings. The highest BCUT2D eigenvalue weighted by Crippen LogP contribution is 2.50. The number of hydrogen-bond acceptors (Lipinski definition) is 10. The normalized spacial score (nSPS) is 12.7. The summed E-state index contributed by atoms with van der Waals surface area (Å²) in [6, 6.07) is 17.1. The standard InChI is InChI=1S/C33H45O10P/c1-4-7-22-31(34,35)25-10-16-28(17-11-25)41-44(40,42-29-18-12-26(13-19-29)32(36,37)23-8-5-2)43-30-20-14-27(15-21-30)33(38,39)24-9-6-3/h10-21,34-39H,4-9,22-24H2,1-3H3. The van der Waals surface area contributed by atoms with Gasteiger partial charge in [0.15, 0.2) is 17.4 Å². The van der Waals surface area contributed by atoms with Crippen molar-refractivity contribution >= 4 is 7.82 Å². The first-order valence-corrected chi connectivity index (χ1v) is 16.5. The minimum Gasteiger partial charge on any atom is -0.386 e. The molecule has 6 N–H and O–H groups in total. The molecule has 0 heterocycles. The maximum atomic E-state index is 14.0. The van der Waals surface area contributed by atoms with E-state index in [-0.39, 0.29) is 53.2 Å². The molecule has 0 spiro atoms. The number of rotatable bonds is 18. The monoisotopic (exact) mass is 632 g/mol. The Bertz CT molecular complexity index is 1170. The van der Waals surface area contributed by atoms with Crippen LogP contribution in [0, 0.1) is 0 Å². The van der Waals surface area contributed by atoms with Gasteiger partial charge < -0.3 is 44.2 Å². The van der Waals surface area contributed by atoms with E-state index in [4.69, 9.17) is 13.6 Å². The van der Waals surface area contributed by atoms with Gasteiger partial charge in [-0.3, -0.25) is 0 Å². The zero-order chi connectivity index (χ0) is 32.4. The van der Waals surface area contributed by atoms with Crippen molar-refractivity contribution in [1.82, 2.24) is 0 Å². The first kappa shape index (κ1) is 35.5. The van der Waals surface area contributed by atoms with E-state index in [1.165, 1.54) is 72.8 Å². The van der Waals surface area contributed by atoms with Crippen molar-refractivity contribution in [3.63, 3.8) is 0 Å². The Morgan fingerprint density at radius 3 is 0.909 bits per heavy atom. The van der Waals surface area contributed by atoms with Gasteiger partial charge in [0, 0.05) is 36.0 Å². The number of hydrogen-bond donors (Lipinski definition) is 6. The fraction of sp³-hybridized carbons (Fsp3) is 0.455. The van der Waals surface area contributed by atoms with Crippen LogP contribution in [0.3, 0.4) is 0 Å². The van der Waals surface area contributed by atoms with E-state index in [2.05, 4.69) is 0 Å². The molecular weight excluding hydrogens is 587 g/mol. The lowest BCUT2D eigenvalue weighted by Gasteiger charge is -2.24. The third kappa shape index (κ3) is 10.0. The first-order chi connectivity index (χ1) is 20.7. The SMILES string of the molecule is CCCCC(O)(O)c1ccc(OP(=O)(Oc2ccc(C(O)(O)CCCC)cc2)Oc2ccc(C(O)(O)CCCC)cc2)cc1. The fourth-order valence-electron chi connectivity index (χ4n) is 4.49. The lowest BCUT2D eigenvalue weighted by Crippen LogP contribution is -2.24. The fourth-order valence-corrected chi connectivity index (χ4v) is 5.75. The van der Waals surface area contributed by atoms with Crippen molar-refractivity contribution in [2.24, 2.45) is 0 Å². The van der Waals surface area contributed by atoms with Gasteiger partial charge in [0.1, 0.15) is 17.2 Å². The summed E-state index contributed by atoms with van der Waals surface area (Å²) in [7, 11) is -4.48. The molecular formula is C33H45O10P. The number of benzene rings is 3. The zero-order valence-electron chi connectivity index (χ0n) is 25.6. The van der Waals surface area contributed by atoms with Gasteiger partial charge in [-0.2, -0.15) is 4.57 Å². The van der Waals surface area contributed by atoms with Crippen LogP contribution < -0.4 is 13.6 Å². The average molecular weight is 633 g/mol. The van der Waals surface area contributed by atoms with Gasteiger partial charge in [-0.05, 0) is 92.1 Å². The van der Waals surface area contributed by atoms with Crippen LogP contribution >= 0.6 is 7.82 Å². The Hall–Kier alpha value is -2.95. The minimum atomic E-state index is -4.48. The van der Waals surface area contributed by atoms with Crippen LogP contribution in [-0.2, 0) is 21.9 Å². The molecule has 3 aromatic carbocycles. The van der Waals surface area contributed by atoms with E-state index < -0.39 is 25.2 Å². The predicted molar refractivity (Wildman–Crippen MR) is 166 cm³/mol. The zero-order valence-corrected chi connectivity index (χ0v) is 26.5. The number of phosphoric acid groups is 1. The summed E-state index contributed by atoms with van der Waals surface area (Å²) in [5.41, 5.74) is 0.709. The van der Waals surface area contributed by atoms with E-state index in [1.807, 2.05) is 20.8 Å². The molecule has 10 nitrogen and oxygen atoms in total. The molecule has 0 unspecified atom stereocenters. The number of unbranched alkanes of at least 4 members (excludes halogenated alkanes) is 3. The van der Waals surface area contributed by atoms with Gasteiger partial charge >= 0.3 is 7.82 Å². The summed E-state index contributed by atoms with van der Waals surface area (Å²) in [5, 5.41) is 62.5. The molecule has 0 bridgehead atoms. The summed E-state index contributed by atoms with van der Waals surface area (Å²) < 4.78 is 31.2. The molecule has 3 rings (SSSR count). The Morgan fingerprint density at radius 2 is 0.705 bits per heavy atom. The van der Waals surface area contributed by atoms with Crippen LogP contribution in [0.15, 0.2) is 72.8 Å². The summed E-state index contributed by atoms with van der Waals surface area (Å²) in [6.07, 6.45) is 4.62. The summed E-state index contributed by atoms with van der Waals surface area (Å²) in [4.78, 5) is 0. The third-order valence-electron chi connectivity index (χ3n) is 7.24. The van der Waals surface area contributed by atoms with Crippen LogP contribution in [0.1, 0.15) is 95.2 Å². The Kier molecular flexibility index (Phi) is 12.4. The lowest BCUT2D eigenvalue weighted by molar-refractivity contribution is -0.175. The van der Waals surface area contributed by atoms with Gasteiger partial charge in [-0.1, -0.05) is 40.0 Å². The number of phosphoric ester groups is 1. The molecule has 0 amide bonds. The highest BCUT2D eigenvalue weighted by molar-refractivity contribution is 7.49. The Labute approximate surface area is 259 Å². The maximum absolute atomic E-state index is 14.0. The molecule has 0 aliphatic heterocycles. The third-order valence-corrected chi connectivity index (χ3v) is 8.54. The van der Waals surface area contributed by atoms with E-state index >= 15 is 0 Å². The smallest absolute Gasteiger partial charge is 0.386 e. The second kappa shape index (κ2) is 15.4. The van der Waals surface area contributed by atoms with Gasteiger partial charge in [-0.15, -0.1) is 0 Å². The Morgan fingerprint density at radius 1 is 0.477 bits per heavy atom. The van der Waals surface area contributed by atoms with Gasteiger partial charge in [0.25, 0.3) is 0 Å². The van der Waals surface area contributed by atoms with Crippen molar-refractivity contribution in [1.29, 1.82) is 0 Å². The Balaban J connectivity index is 1.87. The van der Waals surface area contributed by atoms with E-state index in [0.29, 0.717) is 19.3 Å².